The normalized spacial score (nSPS) is 18.6. The number of guanidine groups is 1. The van der Waals surface area contributed by atoms with Gasteiger partial charge in [0, 0.05) is 38.5 Å². The van der Waals surface area contributed by atoms with Crippen LogP contribution in [0.1, 0.15) is 27.2 Å². The van der Waals surface area contributed by atoms with Gasteiger partial charge in [0.2, 0.25) is 0 Å². The second-order valence-electron chi connectivity index (χ2n) is 6.71. The van der Waals surface area contributed by atoms with Crippen LogP contribution in [-0.4, -0.2) is 83.3 Å². The number of sulfone groups is 1. The molecule has 0 amide bonds. The van der Waals surface area contributed by atoms with Crippen LogP contribution in [0.15, 0.2) is 4.99 Å². The Morgan fingerprint density at radius 3 is 2.46 bits per heavy atom. The standard InChI is InChI=1S/C16H34N4O3S/c1-5-17-16(18-6-11-24(4,21)22)19-13-15(12-14(2)3)20-7-9-23-10-8-20/h14-15H,5-13H2,1-4H3,(H2,17,18,19). The Morgan fingerprint density at radius 1 is 1.25 bits per heavy atom. The van der Waals surface area contributed by atoms with Crippen molar-refractivity contribution in [3.63, 3.8) is 0 Å². The van der Waals surface area contributed by atoms with Gasteiger partial charge in [0.25, 0.3) is 0 Å². The summed E-state index contributed by atoms with van der Waals surface area (Å²) in [6.07, 6.45) is 2.34. The molecule has 8 heteroatoms. The number of nitrogens with zero attached hydrogens (tertiary/aromatic N) is 2. The van der Waals surface area contributed by atoms with E-state index in [1.165, 1.54) is 6.26 Å². The smallest absolute Gasteiger partial charge is 0.191 e. The van der Waals surface area contributed by atoms with Crippen molar-refractivity contribution in [2.45, 2.75) is 33.2 Å². The summed E-state index contributed by atoms with van der Waals surface area (Å²) in [5.74, 6) is 1.40. The average molecular weight is 363 g/mol. The van der Waals surface area contributed by atoms with Gasteiger partial charge in [-0.25, -0.2) is 8.42 Å². The lowest BCUT2D eigenvalue weighted by molar-refractivity contribution is 0.0143. The highest BCUT2D eigenvalue weighted by Gasteiger charge is 2.21. The summed E-state index contributed by atoms with van der Waals surface area (Å²) in [5.41, 5.74) is 0. The van der Waals surface area contributed by atoms with Crippen LogP contribution in [0, 0.1) is 5.92 Å². The third kappa shape index (κ3) is 9.44. The van der Waals surface area contributed by atoms with Gasteiger partial charge in [0.15, 0.2) is 5.96 Å². The maximum atomic E-state index is 11.2. The topological polar surface area (TPSA) is 83.0 Å². The largest absolute Gasteiger partial charge is 0.379 e. The Labute approximate surface area is 147 Å². The Hall–Kier alpha value is -0.860. The number of hydrogen-bond acceptors (Lipinski definition) is 5. The SMILES string of the molecule is CCNC(=NCC(CC(C)C)N1CCOCC1)NCCS(C)(=O)=O. The monoisotopic (exact) mass is 362 g/mol. The first kappa shape index (κ1) is 21.2. The molecule has 0 saturated carbocycles. The molecule has 0 radical (unpaired) electrons. The maximum Gasteiger partial charge on any atom is 0.191 e. The molecule has 1 fully saturated rings. The Kier molecular flexibility index (Phi) is 9.61. The first-order chi connectivity index (χ1) is 11.3. The number of aliphatic imine (C=N–C) groups is 1. The maximum absolute atomic E-state index is 11.2. The third-order valence-corrected chi connectivity index (χ3v) is 4.82. The highest BCUT2D eigenvalue weighted by molar-refractivity contribution is 7.90. The number of morpholine rings is 1. The lowest BCUT2D eigenvalue weighted by Gasteiger charge is -2.34. The van der Waals surface area contributed by atoms with E-state index in [4.69, 9.17) is 4.74 Å². The van der Waals surface area contributed by atoms with Gasteiger partial charge in [-0.05, 0) is 19.3 Å². The van der Waals surface area contributed by atoms with Gasteiger partial charge in [-0.15, -0.1) is 0 Å². The van der Waals surface area contributed by atoms with Crippen LogP contribution in [0.4, 0.5) is 0 Å². The summed E-state index contributed by atoms with van der Waals surface area (Å²) >= 11 is 0. The van der Waals surface area contributed by atoms with E-state index in [-0.39, 0.29) is 5.75 Å². The number of hydrogen-bond donors (Lipinski definition) is 2. The molecule has 0 aromatic heterocycles. The molecule has 1 heterocycles. The fraction of sp³-hybridized carbons (Fsp3) is 0.938. The zero-order chi connectivity index (χ0) is 18.0. The van der Waals surface area contributed by atoms with Crippen molar-refractivity contribution in [1.82, 2.24) is 15.5 Å². The van der Waals surface area contributed by atoms with Crippen LogP contribution in [-0.2, 0) is 14.6 Å². The minimum atomic E-state index is -2.97. The van der Waals surface area contributed by atoms with Gasteiger partial charge in [0.05, 0.1) is 25.5 Å². The fourth-order valence-electron chi connectivity index (χ4n) is 2.72. The highest BCUT2D eigenvalue weighted by Crippen LogP contribution is 2.14. The molecule has 142 valence electrons. The molecule has 0 aromatic rings. The summed E-state index contributed by atoms with van der Waals surface area (Å²) in [6.45, 7) is 11.7. The van der Waals surface area contributed by atoms with Gasteiger partial charge in [-0.2, -0.15) is 0 Å². The summed E-state index contributed by atoms with van der Waals surface area (Å²) in [4.78, 5) is 7.13. The lowest BCUT2D eigenvalue weighted by atomic mass is 10.0. The van der Waals surface area contributed by atoms with Crippen LogP contribution in [0.2, 0.25) is 0 Å². The molecule has 1 aliphatic rings. The second kappa shape index (κ2) is 10.9. The fourth-order valence-corrected chi connectivity index (χ4v) is 3.19. The third-order valence-electron chi connectivity index (χ3n) is 3.88. The first-order valence-electron chi connectivity index (χ1n) is 8.83. The molecule has 0 spiro atoms. The van der Waals surface area contributed by atoms with Crippen molar-refractivity contribution in [2.24, 2.45) is 10.9 Å². The van der Waals surface area contributed by atoms with Crippen LogP contribution in [0.25, 0.3) is 0 Å². The molecule has 0 aliphatic carbocycles. The van der Waals surface area contributed by atoms with Crippen molar-refractivity contribution in [3.8, 4) is 0 Å². The van der Waals surface area contributed by atoms with E-state index in [1.807, 2.05) is 6.92 Å². The zero-order valence-electron chi connectivity index (χ0n) is 15.5. The summed E-state index contributed by atoms with van der Waals surface area (Å²) < 4.78 is 27.9. The Balaban J connectivity index is 2.63. The van der Waals surface area contributed by atoms with E-state index < -0.39 is 9.84 Å². The second-order valence-corrected chi connectivity index (χ2v) is 8.97. The van der Waals surface area contributed by atoms with Crippen LogP contribution < -0.4 is 10.6 Å². The Morgan fingerprint density at radius 2 is 1.92 bits per heavy atom. The first-order valence-corrected chi connectivity index (χ1v) is 10.9. The van der Waals surface area contributed by atoms with Crippen molar-refractivity contribution >= 4 is 15.8 Å². The molecular weight excluding hydrogens is 328 g/mol. The van der Waals surface area contributed by atoms with E-state index >= 15 is 0 Å². The number of rotatable bonds is 9. The van der Waals surface area contributed by atoms with Gasteiger partial charge in [-0.1, -0.05) is 13.8 Å². The van der Waals surface area contributed by atoms with E-state index in [1.54, 1.807) is 0 Å². The molecule has 24 heavy (non-hydrogen) atoms. The lowest BCUT2D eigenvalue weighted by Crippen LogP contribution is -2.46. The zero-order valence-corrected chi connectivity index (χ0v) is 16.4. The van der Waals surface area contributed by atoms with Gasteiger partial charge in [-0.3, -0.25) is 9.89 Å². The molecule has 1 aliphatic heterocycles. The van der Waals surface area contributed by atoms with Crippen molar-refractivity contribution in [1.29, 1.82) is 0 Å². The van der Waals surface area contributed by atoms with Crippen LogP contribution >= 0.6 is 0 Å². The highest BCUT2D eigenvalue weighted by atomic mass is 32.2. The minimum Gasteiger partial charge on any atom is -0.379 e. The predicted molar refractivity (Wildman–Crippen MR) is 99.3 cm³/mol. The molecule has 0 bridgehead atoms. The molecule has 1 unspecified atom stereocenters. The Bertz CT molecular complexity index is 474. The van der Waals surface area contributed by atoms with Crippen molar-refractivity contribution in [2.75, 3.05) is 57.9 Å². The molecule has 0 aromatic carbocycles. The van der Waals surface area contributed by atoms with E-state index in [9.17, 15) is 8.42 Å². The summed E-state index contributed by atoms with van der Waals surface area (Å²) in [5, 5.41) is 6.29. The van der Waals surface area contributed by atoms with E-state index in [0.717, 1.165) is 39.3 Å². The molecule has 1 rings (SSSR count). The average Bonchev–Trinajstić information content (AvgIpc) is 2.50. The van der Waals surface area contributed by atoms with Crippen molar-refractivity contribution < 1.29 is 13.2 Å². The molecule has 1 saturated heterocycles. The molecule has 2 N–H and O–H groups in total. The molecule has 7 nitrogen and oxygen atoms in total. The number of nitrogens with one attached hydrogen (secondary N) is 2. The van der Waals surface area contributed by atoms with E-state index in [0.29, 0.717) is 31.0 Å². The summed E-state index contributed by atoms with van der Waals surface area (Å²) in [7, 11) is -2.97. The van der Waals surface area contributed by atoms with Gasteiger partial charge in [0.1, 0.15) is 9.84 Å². The quantitative estimate of drug-likeness (QED) is 0.454. The van der Waals surface area contributed by atoms with Crippen molar-refractivity contribution in [3.05, 3.63) is 0 Å². The summed E-state index contributed by atoms with van der Waals surface area (Å²) in [6, 6.07) is 0.388. The van der Waals surface area contributed by atoms with Gasteiger partial charge >= 0.3 is 0 Å². The van der Waals surface area contributed by atoms with Gasteiger partial charge < -0.3 is 15.4 Å². The molecule has 1 atom stereocenters. The predicted octanol–water partition coefficient (Wildman–Crippen LogP) is 0.333. The number of ether oxygens (including phenoxy) is 1. The van der Waals surface area contributed by atoms with E-state index in [2.05, 4.69) is 34.4 Å². The molecular formula is C16H34N4O3S. The van der Waals surface area contributed by atoms with Crippen LogP contribution in [0.5, 0.6) is 0 Å². The minimum absolute atomic E-state index is 0.107. The van der Waals surface area contributed by atoms with Crippen LogP contribution in [0.3, 0.4) is 0 Å².